The number of rotatable bonds is 5. The van der Waals surface area contributed by atoms with Crippen LogP contribution in [0.4, 0.5) is 11.4 Å². The van der Waals surface area contributed by atoms with Gasteiger partial charge in [0.2, 0.25) is 0 Å². The fourth-order valence-corrected chi connectivity index (χ4v) is 3.61. The van der Waals surface area contributed by atoms with Crippen LogP contribution in [-0.4, -0.2) is 11.5 Å². The van der Waals surface area contributed by atoms with Gasteiger partial charge in [-0.05, 0) is 36.4 Å². The molecular formula is C26H18Cl2N2O. The third-order valence-corrected chi connectivity index (χ3v) is 5.26. The maximum absolute atomic E-state index is 13.2. The summed E-state index contributed by atoms with van der Waals surface area (Å²) < 4.78 is 0. The molecule has 0 spiro atoms. The summed E-state index contributed by atoms with van der Waals surface area (Å²) in [6.07, 6.45) is 0. The number of carbonyl (C=O) groups is 1. The largest absolute Gasteiger partial charge is 0.398 e. The fourth-order valence-electron chi connectivity index (χ4n) is 3.26. The molecule has 0 heterocycles. The maximum Gasteiger partial charge on any atom is 0.195 e. The molecule has 0 aromatic heterocycles. The van der Waals surface area contributed by atoms with Gasteiger partial charge in [-0.25, -0.2) is 4.99 Å². The van der Waals surface area contributed by atoms with Crippen LogP contribution in [0.2, 0.25) is 10.0 Å². The highest BCUT2D eigenvalue weighted by molar-refractivity contribution is 6.32. The average molecular weight is 445 g/mol. The third kappa shape index (κ3) is 4.69. The third-order valence-electron chi connectivity index (χ3n) is 4.79. The molecule has 0 saturated carbocycles. The molecule has 0 amide bonds. The minimum absolute atomic E-state index is 0.159. The molecule has 4 aromatic carbocycles. The second kappa shape index (κ2) is 9.17. The zero-order valence-electron chi connectivity index (χ0n) is 16.4. The molecule has 0 saturated heterocycles. The van der Waals surface area contributed by atoms with Gasteiger partial charge in [-0.15, -0.1) is 0 Å². The van der Waals surface area contributed by atoms with Gasteiger partial charge < -0.3 is 5.73 Å². The lowest BCUT2D eigenvalue weighted by Crippen LogP contribution is -2.08. The number of nitrogens with zero attached hydrogens (tertiary/aromatic N) is 1. The smallest absolute Gasteiger partial charge is 0.195 e. The quantitative estimate of drug-likeness (QED) is 0.205. The Morgan fingerprint density at radius 1 is 0.677 bits per heavy atom. The lowest BCUT2D eigenvalue weighted by atomic mass is 9.99. The van der Waals surface area contributed by atoms with Gasteiger partial charge in [-0.2, -0.15) is 0 Å². The van der Waals surface area contributed by atoms with Crippen molar-refractivity contribution >= 4 is 46.1 Å². The van der Waals surface area contributed by atoms with Crippen molar-refractivity contribution in [1.29, 1.82) is 0 Å². The first-order valence-corrected chi connectivity index (χ1v) is 10.4. The standard InChI is InChI=1S/C26H18Cl2N2O/c27-19-11-13-23(29)21(15-19)25(17-7-3-1-4-8-17)30-24-14-12-20(28)16-22(24)26(31)18-9-5-2-6-10-18/h1-16H,29H2. The molecule has 0 radical (unpaired) electrons. The summed E-state index contributed by atoms with van der Waals surface area (Å²) in [4.78, 5) is 18.1. The molecule has 0 unspecified atom stereocenters. The molecule has 31 heavy (non-hydrogen) atoms. The molecule has 0 aliphatic heterocycles. The summed E-state index contributed by atoms with van der Waals surface area (Å²) in [7, 11) is 0. The van der Waals surface area contributed by atoms with E-state index < -0.39 is 0 Å². The number of hydrogen-bond donors (Lipinski definition) is 1. The van der Waals surface area contributed by atoms with Crippen LogP contribution < -0.4 is 5.73 Å². The second-order valence-corrected chi connectivity index (χ2v) is 7.79. The lowest BCUT2D eigenvalue weighted by Gasteiger charge is -2.13. The lowest BCUT2D eigenvalue weighted by molar-refractivity contribution is 0.103. The van der Waals surface area contributed by atoms with E-state index in [0.717, 1.165) is 5.56 Å². The highest BCUT2D eigenvalue weighted by Gasteiger charge is 2.17. The van der Waals surface area contributed by atoms with Crippen LogP contribution in [0.15, 0.2) is 102 Å². The van der Waals surface area contributed by atoms with Crippen molar-refractivity contribution in [1.82, 2.24) is 0 Å². The first kappa shape index (κ1) is 20.9. The number of nitrogen functional groups attached to an aromatic ring is 1. The number of carbonyl (C=O) groups excluding carboxylic acids is 1. The first-order valence-electron chi connectivity index (χ1n) is 9.62. The molecule has 4 rings (SSSR count). The molecule has 0 aliphatic carbocycles. The summed E-state index contributed by atoms with van der Waals surface area (Å²) in [5, 5.41) is 1.01. The van der Waals surface area contributed by atoms with E-state index in [9.17, 15) is 4.79 Å². The van der Waals surface area contributed by atoms with Gasteiger partial charge >= 0.3 is 0 Å². The number of aliphatic imine (C=N–C) groups is 1. The van der Waals surface area contributed by atoms with Crippen molar-refractivity contribution in [2.75, 3.05) is 5.73 Å². The van der Waals surface area contributed by atoms with Crippen molar-refractivity contribution in [3.05, 3.63) is 129 Å². The molecule has 3 nitrogen and oxygen atoms in total. The van der Waals surface area contributed by atoms with Crippen LogP contribution in [0.5, 0.6) is 0 Å². The SMILES string of the molecule is Nc1ccc(Cl)cc1C(=Nc1ccc(Cl)cc1C(=O)c1ccccc1)c1ccccc1. The van der Waals surface area contributed by atoms with Gasteiger partial charge in [0, 0.05) is 38.0 Å². The Morgan fingerprint density at radius 2 is 1.23 bits per heavy atom. The first-order chi connectivity index (χ1) is 15.0. The van der Waals surface area contributed by atoms with Crippen LogP contribution in [-0.2, 0) is 0 Å². The minimum Gasteiger partial charge on any atom is -0.398 e. The van der Waals surface area contributed by atoms with Crippen LogP contribution in [0.3, 0.4) is 0 Å². The maximum atomic E-state index is 13.2. The Kier molecular flexibility index (Phi) is 6.17. The van der Waals surface area contributed by atoms with Crippen molar-refractivity contribution in [3.63, 3.8) is 0 Å². The van der Waals surface area contributed by atoms with E-state index in [0.29, 0.717) is 43.8 Å². The summed E-state index contributed by atoms with van der Waals surface area (Å²) in [6.45, 7) is 0. The van der Waals surface area contributed by atoms with Crippen LogP contribution in [0.25, 0.3) is 0 Å². The Balaban J connectivity index is 1.93. The summed E-state index contributed by atoms with van der Waals surface area (Å²) >= 11 is 12.5. The van der Waals surface area contributed by atoms with Crippen molar-refractivity contribution < 1.29 is 4.79 Å². The molecule has 152 valence electrons. The number of nitrogens with two attached hydrogens (primary N) is 1. The van der Waals surface area contributed by atoms with E-state index in [4.69, 9.17) is 33.9 Å². The number of benzene rings is 4. The van der Waals surface area contributed by atoms with Gasteiger partial charge in [0.15, 0.2) is 5.78 Å². The van der Waals surface area contributed by atoms with E-state index in [1.165, 1.54) is 0 Å². The van der Waals surface area contributed by atoms with Crippen molar-refractivity contribution in [2.45, 2.75) is 0 Å². The van der Waals surface area contributed by atoms with Crippen LogP contribution in [0, 0.1) is 0 Å². The van der Waals surface area contributed by atoms with Crippen molar-refractivity contribution in [2.24, 2.45) is 4.99 Å². The van der Waals surface area contributed by atoms with E-state index >= 15 is 0 Å². The predicted octanol–water partition coefficient (Wildman–Crippen LogP) is 6.98. The predicted molar refractivity (Wildman–Crippen MR) is 129 cm³/mol. The van der Waals surface area contributed by atoms with Crippen LogP contribution in [0.1, 0.15) is 27.0 Å². The zero-order chi connectivity index (χ0) is 21.8. The second-order valence-electron chi connectivity index (χ2n) is 6.91. The molecule has 5 heteroatoms. The van der Waals surface area contributed by atoms with Gasteiger partial charge in [0.05, 0.1) is 11.4 Å². The highest BCUT2D eigenvalue weighted by atomic mass is 35.5. The molecular weight excluding hydrogens is 427 g/mol. The normalized spacial score (nSPS) is 11.4. The van der Waals surface area contributed by atoms with Gasteiger partial charge in [-0.1, -0.05) is 83.9 Å². The minimum atomic E-state index is -0.159. The Morgan fingerprint density at radius 3 is 1.87 bits per heavy atom. The topological polar surface area (TPSA) is 55.4 Å². The Labute approximate surface area is 190 Å². The number of halogens is 2. The molecule has 0 bridgehead atoms. The molecule has 4 aromatic rings. The van der Waals surface area contributed by atoms with Crippen molar-refractivity contribution in [3.8, 4) is 0 Å². The molecule has 0 aliphatic rings. The van der Waals surface area contributed by atoms with E-state index in [-0.39, 0.29) is 5.78 Å². The Hall–Kier alpha value is -3.40. The van der Waals surface area contributed by atoms with E-state index in [1.54, 1.807) is 48.5 Å². The molecule has 2 N–H and O–H groups in total. The number of ketones is 1. The summed E-state index contributed by atoms with van der Waals surface area (Å²) in [5.74, 6) is -0.159. The summed E-state index contributed by atoms with van der Waals surface area (Å²) in [6, 6.07) is 29.0. The van der Waals surface area contributed by atoms with E-state index in [2.05, 4.69) is 0 Å². The van der Waals surface area contributed by atoms with E-state index in [1.807, 2.05) is 48.5 Å². The van der Waals surface area contributed by atoms with Gasteiger partial charge in [-0.3, -0.25) is 4.79 Å². The zero-order valence-corrected chi connectivity index (χ0v) is 17.9. The van der Waals surface area contributed by atoms with Crippen LogP contribution >= 0.6 is 23.2 Å². The molecule has 0 fully saturated rings. The average Bonchev–Trinajstić information content (AvgIpc) is 2.80. The number of anilines is 1. The van der Waals surface area contributed by atoms with Gasteiger partial charge in [0.1, 0.15) is 0 Å². The van der Waals surface area contributed by atoms with Gasteiger partial charge in [0.25, 0.3) is 0 Å². The monoisotopic (exact) mass is 444 g/mol. The highest BCUT2D eigenvalue weighted by Crippen LogP contribution is 2.30. The fraction of sp³-hybridized carbons (Fsp3) is 0. The number of hydrogen-bond acceptors (Lipinski definition) is 3. The summed E-state index contributed by atoms with van der Waals surface area (Å²) in [5.41, 5.74) is 10.4. The Bertz CT molecular complexity index is 1270. The molecule has 0 atom stereocenters.